The van der Waals surface area contributed by atoms with Crippen LogP contribution in [0, 0.1) is 6.92 Å². The number of nitrogens with zero attached hydrogens (tertiary/aromatic N) is 3. The van der Waals surface area contributed by atoms with E-state index in [9.17, 15) is 4.79 Å². The number of aryl methyl sites for hydroxylation is 1. The first-order valence-corrected chi connectivity index (χ1v) is 5.85. The molecule has 0 bridgehead atoms. The highest BCUT2D eigenvalue weighted by Gasteiger charge is 2.39. The van der Waals surface area contributed by atoms with Crippen LogP contribution in [0.2, 0.25) is 0 Å². The summed E-state index contributed by atoms with van der Waals surface area (Å²) in [5, 5.41) is 3.77. The molecule has 1 aliphatic rings. The number of hydrogen-bond acceptors (Lipinski definition) is 5. The van der Waals surface area contributed by atoms with E-state index in [-0.39, 0.29) is 5.91 Å². The molecule has 1 saturated carbocycles. The Balaban J connectivity index is 2.00. The lowest BCUT2D eigenvalue weighted by Gasteiger charge is -2.27. The molecule has 1 heterocycles. The second-order valence-electron chi connectivity index (χ2n) is 4.75. The van der Waals surface area contributed by atoms with Gasteiger partial charge in [-0.15, -0.1) is 0 Å². The Kier molecular flexibility index (Phi) is 3.15. The van der Waals surface area contributed by atoms with Gasteiger partial charge in [-0.1, -0.05) is 18.0 Å². The average molecular weight is 238 g/mol. The lowest BCUT2D eigenvalue weighted by atomic mass is 9.97. The zero-order valence-corrected chi connectivity index (χ0v) is 10.3. The number of carbonyl (C=O) groups is 1. The molecule has 17 heavy (non-hydrogen) atoms. The van der Waals surface area contributed by atoms with Crippen LogP contribution in [0.25, 0.3) is 0 Å². The minimum atomic E-state index is -0.687. The minimum Gasteiger partial charge on any atom is -0.340 e. The van der Waals surface area contributed by atoms with Crippen molar-refractivity contribution in [1.82, 2.24) is 15.0 Å². The molecule has 94 valence electrons. The maximum absolute atomic E-state index is 12.2. The number of likely N-dealkylation sites (N-methyl/N-ethyl adjacent to an activating group) is 1. The third-order valence-electron chi connectivity index (χ3n) is 3.22. The largest absolute Gasteiger partial charge is 0.340 e. The van der Waals surface area contributed by atoms with E-state index in [1.807, 2.05) is 0 Å². The van der Waals surface area contributed by atoms with Crippen molar-refractivity contribution in [2.75, 3.05) is 7.05 Å². The molecule has 0 radical (unpaired) electrons. The predicted octanol–water partition coefficient (Wildman–Crippen LogP) is 0.608. The van der Waals surface area contributed by atoms with Crippen LogP contribution in [0.5, 0.6) is 0 Å². The highest BCUT2D eigenvalue weighted by atomic mass is 16.5. The third-order valence-corrected chi connectivity index (χ3v) is 3.22. The van der Waals surface area contributed by atoms with Crippen LogP contribution >= 0.6 is 0 Å². The second-order valence-corrected chi connectivity index (χ2v) is 4.75. The summed E-state index contributed by atoms with van der Waals surface area (Å²) in [6.07, 6.45) is 3.58. The van der Waals surface area contributed by atoms with Crippen molar-refractivity contribution >= 4 is 5.91 Å². The quantitative estimate of drug-likeness (QED) is 0.833. The van der Waals surface area contributed by atoms with Gasteiger partial charge in [-0.05, 0) is 12.8 Å². The lowest BCUT2D eigenvalue weighted by Crippen LogP contribution is -2.52. The van der Waals surface area contributed by atoms with Crippen molar-refractivity contribution in [3.63, 3.8) is 0 Å². The molecule has 0 aliphatic heterocycles. The molecule has 0 spiro atoms. The van der Waals surface area contributed by atoms with Crippen LogP contribution in [0.4, 0.5) is 0 Å². The summed E-state index contributed by atoms with van der Waals surface area (Å²) in [6.45, 7) is 2.06. The van der Waals surface area contributed by atoms with Gasteiger partial charge in [0.25, 0.3) is 0 Å². The van der Waals surface area contributed by atoms with Gasteiger partial charge < -0.3 is 15.2 Å². The first kappa shape index (κ1) is 12.0. The number of rotatable bonds is 3. The van der Waals surface area contributed by atoms with Gasteiger partial charge in [0, 0.05) is 14.0 Å². The molecular weight excluding hydrogens is 220 g/mol. The zero-order valence-electron chi connectivity index (χ0n) is 10.3. The Morgan fingerprint density at radius 2 is 2.18 bits per heavy atom. The smallest absolute Gasteiger partial charge is 0.242 e. The number of hydrogen-bond donors (Lipinski definition) is 1. The fourth-order valence-electron chi connectivity index (χ4n) is 2.29. The topological polar surface area (TPSA) is 85.2 Å². The van der Waals surface area contributed by atoms with Gasteiger partial charge in [0.2, 0.25) is 11.8 Å². The molecule has 1 amide bonds. The van der Waals surface area contributed by atoms with Crippen molar-refractivity contribution in [3.05, 3.63) is 11.7 Å². The maximum Gasteiger partial charge on any atom is 0.242 e. The SMILES string of the molecule is Cc1nc(CN(C)C(=O)C2(N)CCCC2)no1. The molecule has 6 heteroatoms. The first-order chi connectivity index (χ1) is 8.01. The summed E-state index contributed by atoms with van der Waals surface area (Å²) in [5.74, 6) is 0.988. The molecule has 0 unspecified atom stereocenters. The zero-order chi connectivity index (χ0) is 12.5. The van der Waals surface area contributed by atoms with E-state index in [0.29, 0.717) is 18.3 Å². The van der Waals surface area contributed by atoms with Crippen molar-refractivity contribution < 1.29 is 9.32 Å². The number of carbonyl (C=O) groups excluding carboxylic acids is 1. The van der Waals surface area contributed by atoms with Gasteiger partial charge in [-0.3, -0.25) is 4.79 Å². The summed E-state index contributed by atoms with van der Waals surface area (Å²) in [5.41, 5.74) is 5.42. The normalized spacial score (nSPS) is 18.3. The third kappa shape index (κ3) is 2.46. The monoisotopic (exact) mass is 238 g/mol. The molecular formula is C11H18N4O2. The van der Waals surface area contributed by atoms with Crippen LogP contribution in [-0.4, -0.2) is 33.5 Å². The number of nitrogens with two attached hydrogens (primary N) is 1. The summed E-state index contributed by atoms with van der Waals surface area (Å²) < 4.78 is 4.87. The summed E-state index contributed by atoms with van der Waals surface area (Å²) in [7, 11) is 1.72. The number of aromatic nitrogens is 2. The van der Waals surface area contributed by atoms with Gasteiger partial charge in [0.05, 0.1) is 12.1 Å². The maximum atomic E-state index is 12.2. The van der Waals surface area contributed by atoms with Gasteiger partial charge >= 0.3 is 0 Å². The molecule has 0 atom stereocenters. The summed E-state index contributed by atoms with van der Waals surface area (Å²) in [4.78, 5) is 17.8. The van der Waals surface area contributed by atoms with E-state index < -0.39 is 5.54 Å². The minimum absolute atomic E-state index is 0.0301. The Morgan fingerprint density at radius 1 is 1.53 bits per heavy atom. The highest BCUT2D eigenvalue weighted by Crippen LogP contribution is 2.28. The van der Waals surface area contributed by atoms with E-state index in [1.54, 1.807) is 18.9 Å². The van der Waals surface area contributed by atoms with Gasteiger partial charge in [-0.2, -0.15) is 4.98 Å². The van der Waals surface area contributed by atoms with Crippen molar-refractivity contribution in [3.8, 4) is 0 Å². The van der Waals surface area contributed by atoms with Crippen LogP contribution in [0.15, 0.2) is 4.52 Å². The van der Waals surface area contributed by atoms with Crippen LogP contribution in [0.3, 0.4) is 0 Å². The number of amides is 1. The molecule has 0 saturated heterocycles. The van der Waals surface area contributed by atoms with Gasteiger partial charge in [-0.25, -0.2) is 0 Å². The molecule has 0 aromatic carbocycles. The molecule has 2 N–H and O–H groups in total. The fraction of sp³-hybridized carbons (Fsp3) is 0.727. The summed E-state index contributed by atoms with van der Waals surface area (Å²) in [6, 6.07) is 0. The fourth-order valence-corrected chi connectivity index (χ4v) is 2.29. The molecule has 2 rings (SSSR count). The molecule has 6 nitrogen and oxygen atoms in total. The Bertz CT molecular complexity index is 409. The predicted molar refractivity (Wildman–Crippen MR) is 60.9 cm³/mol. The van der Waals surface area contributed by atoms with Crippen molar-refractivity contribution in [2.45, 2.75) is 44.7 Å². The van der Waals surface area contributed by atoms with Crippen LogP contribution < -0.4 is 5.73 Å². The van der Waals surface area contributed by atoms with E-state index in [4.69, 9.17) is 10.3 Å². The summed E-state index contributed by atoms with van der Waals surface area (Å²) >= 11 is 0. The average Bonchev–Trinajstić information content (AvgIpc) is 2.88. The van der Waals surface area contributed by atoms with E-state index in [1.165, 1.54) is 0 Å². The Labute approximate surface area is 100 Å². The van der Waals surface area contributed by atoms with Gasteiger partial charge in [0.15, 0.2) is 5.82 Å². The van der Waals surface area contributed by atoms with E-state index in [0.717, 1.165) is 25.7 Å². The molecule has 1 aliphatic carbocycles. The second kappa shape index (κ2) is 4.44. The van der Waals surface area contributed by atoms with Crippen LogP contribution in [-0.2, 0) is 11.3 Å². The molecule has 1 aromatic heterocycles. The van der Waals surface area contributed by atoms with Crippen molar-refractivity contribution in [2.24, 2.45) is 5.73 Å². The van der Waals surface area contributed by atoms with Crippen LogP contribution in [0.1, 0.15) is 37.4 Å². The van der Waals surface area contributed by atoms with E-state index in [2.05, 4.69) is 10.1 Å². The highest BCUT2D eigenvalue weighted by molar-refractivity contribution is 5.86. The van der Waals surface area contributed by atoms with Crippen molar-refractivity contribution in [1.29, 1.82) is 0 Å². The van der Waals surface area contributed by atoms with E-state index >= 15 is 0 Å². The first-order valence-electron chi connectivity index (χ1n) is 5.85. The standard InChI is InChI=1S/C11H18N4O2/c1-8-13-9(14-17-8)7-15(2)10(16)11(12)5-3-4-6-11/h3-7,12H2,1-2H3. The molecule has 1 aromatic rings. The molecule has 1 fully saturated rings. The Hall–Kier alpha value is -1.43. The Morgan fingerprint density at radius 3 is 2.71 bits per heavy atom. The van der Waals surface area contributed by atoms with Gasteiger partial charge in [0.1, 0.15) is 0 Å². The lowest BCUT2D eigenvalue weighted by molar-refractivity contribution is -0.136.